The highest BCUT2D eigenvalue weighted by Gasteiger charge is 2.13. The highest BCUT2D eigenvalue weighted by atomic mass is 16.4. The maximum Gasteiger partial charge on any atom is 0.333 e. The molecule has 5 heteroatoms. The van der Waals surface area contributed by atoms with Crippen LogP contribution >= 0.6 is 0 Å². The molecule has 0 aliphatic carbocycles. The summed E-state index contributed by atoms with van der Waals surface area (Å²) in [6.07, 6.45) is 2.58. The molecule has 0 saturated carbocycles. The fourth-order valence-corrected chi connectivity index (χ4v) is 1.00. The molecule has 0 unspecified atom stereocenters. The third-order valence-corrected chi connectivity index (χ3v) is 1.59. The minimum Gasteiger partial charge on any atom is -0.478 e. The van der Waals surface area contributed by atoms with E-state index in [0.29, 0.717) is 11.3 Å². The van der Waals surface area contributed by atoms with Gasteiger partial charge in [0.1, 0.15) is 0 Å². The fraction of sp³-hybridized carbons (Fsp3) is 0.364. The van der Waals surface area contributed by atoms with Gasteiger partial charge >= 0.3 is 5.97 Å². The summed E-state index contributed by atoms with van der Waals surface area (Å²) in [6, 6.07) is 0. The van der Waals surface area contributed by atoms with Crippen LogP contribution in [0.3, 0.4) is 0 Å². The van der Waals surface area contributed by atoms with E-state index in [4.69, 9.17) is 16.7 Å². The average molecular weight is 227 g/mol. The molecule has 5 nitrogen and oxygen atoms in total. The number of nitrogens with two attached hydrogens (primary N) is 2. The van der Waals surface area contributed by atoms with Gasteiger partial charge < -0.3 is 10.8 Å². The summed E-state index contributed by atoms with van der Waals surface area (Å²) in [5, 5.41) is 9.91. The summed E-state index contributed by atoms with van der Waals surface area (Å²) in [5.41, 5.74) is 6.17. The van der Waals surface area contributed by atoms with Crippen LogP contribution in [-0.2, 0) is 4.79 Å². The molecule has 0 aromatic carbocycles. The fourth-order valence-electron chi connectivity index (χ4n) is 1.00. The van der Waals surface area contributed by atoms with Crippen LogP contribution in [0, 0.1) is 0 Å². The predicted octanol–water partition coefficient (Wildman–Crippen LogP) is 1.55. The standard InChI is InChI=1S/C9H15N3O2.C2H6/c1-6(2)8(7(3)9(13)14)12(11)5-4-10;1-2/h4-5H,1,10-11H2,2-3H3,(H,13,14);1-2H3/b5-4-,8-7-;. The van der Waals surface area contributed by atoms with E-state index >= 15 is 0 Å². The summed E-state index contributed by atoms with van der Waals surface area (Å²) < 4.78 is 0. The molecule has 0 atom stereocenters. The molecular formula is C11H21N3O2. The lowest BCUT2D eigenvalue weighted by atomic mass is 10.1. The van der Waals surface area contributed by atoms with Crippen LogP contribution in [0.1, 0.15) is 27.7 Å². The van der Waals surface area contributed by atoms with Crippen molar-refractivity contribution in [3.05, 3.63) is 35.8 Å². The molecule has 0 aliphatic heterocycles. The van der Waals surface area contributed by atoms with E-state index in [0.717, 1.165) is 5.01 Å². The Morgan fingerprint density at radius 2 is 1.81 bits per heavy atom. The molecule has 0 radical (unpaired) electrons. The van der Waals surface area contributed by atoms with E-state index in [1.807, 2.05) is 13.8 Å². The summed E-state index contributed by atoms with van der Waals surface area (Å²) in [4.78, 5) is 10.7. The maximum atomic E-state index is 10.7. The van der Waals surface area contributed by atoms with Crippen molar-refractivity contribution in [1.29, 1.82) is 0 Å². The van der Waals surface area contributed by atoms with Gasteiger partial charge in [0, 0.05) is 12.4 Å². The zero-order valence-electron chi connectivity index (χ0n) is 10.3. The van der Waals surface area contributed by atoms with Gasteiger partial charge in [-0.3, -0.25) is 5.01 Å². The normalized spacial score (nSPS) is 11.3. The van der Waals surface area contributed by atoms with E-state index in [2.05, 4.69) is 6.58 Å². The van der Waals surface area contributed by atoms with Gasteiger partial charge in [-0.15, -0.1) is 0 Å². The Hall–Kier alpha value is -1.75. The molecule has 92 valence electrons. The van der Waals surface area contributed by atoms with Crippen LogP contribution in [0.2, 0.25) is 0 Å². The van der Waals surface area contributed by atoms with Crippen LogP contribution in [-0.4, -0.2) is 16.1 Å². The molecule has 0 spiro atoms. The van der Waals surface area contributed by atoms with E-state index in [-0.39, 0.29) is 5.57 Å². The molecule has 5 N–H and O–H groups in total. The Kier molecular flexibility index (Phi) is 8.91. The first-order chi connectivity index (χ1) is 7.41. The quantitative estimate of drug-likeness (QED) is 0.293. The highest BCUT2D eigenvalue weighted by Crippen LogP contribution is 2.15. The molecule has 0 saturated heterocycles. The van der Waals surface area contributed by atoms with Crippen molar-refractivity contribution >= 4 is 5.97 Å². The Morgan fingerprint density at radius 1 is 1.38 bits per heavy atom. The highest BCUT2D eigenvalue weighted by molar-refractivity contribution is 5.87. The van der Waals surface area contributed by atoms with Gasteiger partial charge in [-0.25, -0.2) is 10.6 Å². The number of carboxylic acids is 1. The molecule has 16 heavy (non-hydrogen) atoms. The Balaban J connectivity index is 0. The number of nitrogens with zero attached hydrogens (tertiary/aromatic N) is 1. The third-order valence-electron chi connectivity index (χ3n) is 1.59. The molecule has 0 aromatic heterocycles. The van der Waals surface area contributed by atoms with Crippen LogP contribution in [0.25, 0.3) is 0 Å². The summed E-state index contributed by atoms with van der Waals surface area (Å²) in [6.45, 7) is 10.8. The number of rotatable bonds is 4. The predicted molar refractivity (Wildman–Crippen MR) is 65.9 cm³/mol. The lowest BCUT2D eigenvalue weighted by Crippen LogP contribution is -2.27. The number of aliphatic carboxylic acids is 1. The summed E-state index contributed by atoms with van der Waals surface area (Å²) >= 11 is 0. The summed E-state index contributed by atoms with van der Waals surface area (Å²) in [7, 11) is 0. The van der Waals surface area contributed by atoms with E-state index in [1.54, 1.807) is 6.92 Å². The first-order valence-corrected chi connectivity index (χ1v) is 4.94. The van der Waals surface area contributed by atoms with Crippen molar-refractivity contribution < 1.29 is 9.90 Å². The number of carbonyl (C=O) groups is 1. The van der Waals surface area contributed by atoms with Gasteiger partial charge in [-0.05, 0) is 19.4 Å². The molecule has 0 fully saturated rings. The van der Waals surface area contributed by atoms with Crippen molar-refractivity contribution in [2.75, 3.05) is 0 Å². The van der Waals surface area contributed by atoms with Gasteiger partial charge in [-0.2, -0.15) is 0 Å². The number of hydrazine groups is 1. The van der Waals surface area contributed by atoms with Crippen LogP contribution < -0.4 is 11.6 Å². The van der Waals surface area contributed by atoms with Crippen LogP contribution in [0.4, 0.5) is 0 Å². The van der Waals surface area contributed by atoms with Gasteiger partial charge in [-0.1, -0.05) is 20.4 Å². The second-order valence-electron chi connectivity index (χ2n) is 2.81. The van der Waals surface area contributed by atoms with Crippen molar-refractivity contribution in [3.8, 4) is 0 Å². The lowest BCUT2D eigenvalue weighted by molar-refractivity contribution is -0.132. The van der Waals surface area contributed by atoms with Gasteiger partial charge in [0.25, 0.3) is 0 Å². The van der Waals surface area contributed by atoms with Gasteiger partial charge in [0.05, 0.1) is 11.3 Å². The molecule has 0 aliphatic rings. The zero-order valence-corrected chi connectivity index (χ0v) is 10.3. The van der Waals surface area contributed by atoms with Crippen molar-refractivity contribution in [2.24, 2.45) is 11.6 Å². The summed E-state index contributed by atoms with van der Waals surface area (Å²) in [5.74, 6) is 4.51. The van der Waals surface area contributed by atoms with Crippen molar-refractivity contribution in [2.45, 2.75) is 27.7 Å². The molecular weight excluding hydrogens is 206 g/mol. The largest absolute Gasteiger partial charge is 0.478 e. The minimum absolute atomic E-state index is 0.123. The van der Waals surface area contributed by atoms with Crippen LogP contribution in [0.15, 0.2) is 35.8 Å². The molecule has 0 heterocycles. The monoisotopic (exact) mass is 227 g/mol. The lowest BCUT2D eigenvalue weighted by Gasteiger charge is -2.19. The third kappa shape index (κ3) is 5.21. The first kappa shape index (κ1) is 16.7. The average Bonchev–Trinajstić information content (AvgIpc) is 2.20. The second kappa shape index (κ2) is 8.55. The Bertz CT molecular complexity index is 306. The maximum absolute atomic E-state index is 10.7. The second-order valence-corrected chi connectivity index (χ2v) is 2.81. The van der Waals surface area contributed by atoms with Gasteiger partial charge in [0.2, 0.25) is 0 Å². The molecule has 0 rings (SSSR count). The smallest absolute Gasteiger partial charge is 0.333 e. The Labute approximate surface area is 96.7 Å². The number of carboxylic acid groups (broad SMARTS) is 1. The van der Waals surface area contributed by atoms with Gasteiger partial charge in [0.15, 0.2) is 0 Å². The molecule has 0 aromatic rings. The topological polar surface area (TPSA) is 92.6 Å². The number of hydrogen-bond acceptors (Lipinski definition) is 4. The van der Waals surface area contributed by atoms with Crippen molar-refractivity contribution in [1.82, 2.24) is 5.01 Å². The van der Waals surface area contributed by atoms with E-state index < -0.39 is 5.97 Å². The van der Waals surface area contributed by atoms with Crippen molar-refractivity contribution in [3.63, 3.8) is 0 Å². The number of hydrogen-bond donors (Lipinski definition) is 3. The first-order valence-electron chi connectivity index (χ1n) is 4.94. The number of allylic oxidation sites excluding steroid dienone is 1. The van der Waals surface area contributed by atoms with E-state index in [1.165, 1.54) is 19.3 Å². The van der Waals surface area contributed by atoms with E-state index in [9.17, 15) is 4.79 Å². The van der Waals surface area contributed by atoms with Crippen LogP contribution in [0.5, 0.6) is 0 Å². The Morgan fingerprint density at radius 3 is 2.06 bits per heavy atom. The molecule has 0 bridgehead atoms. The minimum atomic E-state index is -1.04. The molecule has 0 amide bonds. The zero-order chi connectivity index (χ0) is 13.3. The SMILES string of the molecule is C=C(C)/C(=C(\C)C(=O)O)N(N)/C=C\N.CC.